The second-order valence-corrected chi connectivity index (χ2v) is 5.45. The van der Waals surface area contributed by atoms with Gasteiger partial charge in [-0.15, -0.1) is 0 Å². The first-order valence-corrected chi connectivity index (χ1v) is 7.25. The van der Waals surface area contributed by atoms with E-state index < -0.39 is 0 Å². The number of aliphatic hydroxyl groups is 1. The van der Waals surface area contributed by atoms with Crippen LogP contribution >= 0.6 is 0 Å². The molecule has 2 atom stereocenters. The van der Waals surface area contributed by atoms with Gasteiger partial charge in [-0.2, -0.15) is 0 Å². The van der Waals surface area contributed by atoms with Gasteiger partial charge in [0.05, 0.1) is 11.7 Å². The summed E-state index contributed by atoms with van der Waals surface area (Å²) in [7, 11) is 0. The van der Waals surface area contributed by atoms with Gasteiger partial charge in [0.25, 0.3) is 5.91 Å². The average Bonchev–Trinajstić information content (AvgIpc) is 2.50. The summed E-state index contributed by atoms with van der Waals surface area (Å²) in [4.78, 5) is 13.8. The van der Waals surface area contributed by atoms with Gasteiger partial charge in [0.2, 0.25) is 0 Å². The smallest absolute Gasteiger partial charge is 0.268 e. The normalized spacial score (nSPS) is 22.8. The molecule has 1 saturated heterocycles. The number of aliphatic hydroxyl groups excluding tert-OH is 1. The van der Waals surface area contributed by atoms with Crippen LogP contribution in [-0.4, -0.2) is 48.3 Å². The van der Waals surface area contributed by atoms with E-state index in [4.69, 9.17) is 10.6 Å². The van der Waals surface area contributed by atoms with Crippen molar-refractivity contribution in [2.24, 2.45) is 11.8 Å². The zero-order valence-corrected chi connectivity index (χ0v) is 12.3. The van der Waals surface area contributed by atoms with Crippen LogP contribution in [0.15, 0.2) is 24.3 Å². The monoisotopic (exact) mass is 293 g/mol. The lowest BCUT2D eigenvalue weighted by atomic mass is 9.96. The molecular weight excluding hydrogens is 270 g/mol. The molecule has 6 heteroatoms. The number of rotatable bonds is 5. The fourth-order valence-electron chi connectivity index (χ4n) is 2.46. The molecule has 0 radical (unpaired) electrons. The first kappa shape index (κ1) is 15.8. The highest BCUT2D eigenvalue weighted by molar-refractivity contribution is 5.96. The van der Waals surface area contributed by atoms with Gasteiger partial charge in [-0.25, -0.2) is 5.84 Å². The fourth-order valence-corrected chi connectivity index (χ4v) is 2.46. The largest absolute Gasteiger partial charge is 0.491 e. The minimum absolute atomic E-state index is 0.269. The van der Waals surface area contributed by atoms with Crippen molar-refractivity contribution in [3.63, 3.8) is 0 Å². The molecule has 1 fully saturated rings. The molecule has 6 nitrogen and oxygen atoms in total. The van der Waals surface area contributed by atoms with Gasteiger partial charge in [0, 0.05) is 13.1 Å². The highest BCUT2D eigenvalue weighted by Gasteiger charge is 2.23. The maximum atomic E-state index is 11.6. The van der Waals surface area contributed by atoms with E-state index in [2.05, 4.69) is 17.2 Å². The number of amides is 1. The van der Waals surface area contributed by atoms with Gasteiger partial charge < -0.3 is 9.84 Å². The van der Waals surface area contributed by atoms with E-state index in [9.17, 15) is 9.90 Å². The number of hydrazine groups is 1. The van der Waals surface area contributed by atoms with E-state index in [1.54, 1.807) is 18.2 Å². The maximum Gasteiger partial charge on any atom is 0.268 e. The molecule has 2 rings (SSSR count). The molecule has 0 aliphatic carbocycles. The van der Waals surface area contributed by atoms with Gasteiger partial charge in [-0.1, -0.05) is 19.1 Å². The number of nitrogen functional groups attached to an aromatic ring is 1. The first-order valence-electron chi connectivity index (χ1n) is 7.25. The van der Waals surface area contributed by atoms with E-state index in [0.717, 1.165) is 19.5 Å². The quantitative estimate of drug-likeness (QED) is 0.415. The van der Waals surface area contributed by atoms with Crippen molar-refractivity contribution in [3.8, 4) is 5.75 Å². The molecule has 0 bridgehead atoms. The number of nitrogens with one attached hydrogen (secondary N) is 1. The Morgan fingerprint density at radius 3 is 3.00 bits per heavy atom. The van der Waals surface area contributed by atoms with Crippen molar-refractivity contribution in [1.82, 2.24) is 10.3 Å². The Hall–Kier alpha value is -1.63. The standard InChI is InChI=1S/C15H23N3O3/c1-11-6-7-18(10-13(11)19)8-9-21-14-5-3-2-4-12(14)15(20)17-16/h2-5,11,13,19H,6-10,16H2,1H3,(H,17,20). The molecule has 0 saturated carbocycles. The number of nitrogens with zero attached hydrogens (tertiary/aromatic N) is 1. The molecule has 1 aromatic rings. The van der Waals surface area contributed by atoms with Crippen LogP contribution in [0.5, 0.6) is 5.75 Å². The molecule has 0 aromatic heterocycles. The van der Waals surface area contributed by atoms with E-state index in [-0.39, 0.29) is 12.0 Å². The zero-order chi connectivity index (χ0) is 15.2. The van der Waals surface area contributed by atoms with E-state index in [0.29, 0.717) is 30.4 Å². The average molecular weight is 293 g/mol. The lowest BCUT2D eigenvalue weighted by Gasteiger charge is -2.34. The van der Waals surface area contributed by atoms with Crippen molar-refractivity contribution >= 4 is 5.91 Å². The summed E-state index contributed by atoms with van der Waals surface area (Å²) >= 11 is 0. The SMILES string of the molecule is CC1CCN(CCOc2ccccc2C(=O)NN)CC1O. The summed E-state index contributed by atoms with van der Waals surface area (Å²) < 4.78 is 5.69. The number of piperidine rings is 1. The van der Waals surface area contributed by atoms with Crippen LogP contribution in [0, 0.1) is 5.92 Å². The van der Waals surface area contributed by atoms with Crippen molar-refractivity contribution < 1.29 is 14.6 Å². The van der Waals surface area contributed by atoms with Crippen LogP contribution in [0.1, 0.15) is 23.7 Å². The van der Waals surface area contributed by atoms with Crippen LogP contribution in [0.2, 0.25) is 0 Å². The molecule has 1 aromatic carbocycles. The van der Waals surface area contributed by atoms with Crippen LogP contribution in [0.25, 0.3) is 0 Å². The molecule has 4 N–H and O–H groups in total. The molecule has 1 amide bonds. The van der Waals surface area contributed by atoms with Gasteiger partial charge in [-0.3, -0.25) is 15.1 Å². The molecule has 2 unspecified atom stereocenters. The summed E-state index contributed by atoms with van der Waals surface area (Å²) in [6, 6.07) is 7.00. The van der Waals surface area contributed by atoms with Crippen LogP contribution in [0.4, 0.5) is 0 Å². The Labute approximate surface area is 124 Å². The van der Waals surface area contributed by atoms with Crippen LogP contribution < -0.4 is 16.0 Å². The Bertz CT molecular complexity index is 481. The van der Waals surface area contributed by atoms with Crippen molar-refractivity contribution in [2.45, 2.75) is 19.4 Å². The number of likely N-dealkylation sites (tertiary alicyclic amines) is 1. The Morgan fingerprint density at radius 2 is 2.29 bits per heavy atom. The molecule has 1 aliphatic rings. The molecule has 21 heavy (non-hydrogen) atoms. The number of nitrogens with two attached hydrogens (primary N) is 1. The molecule has 116 valence electrons. The maximum absolute atomic E-state index is 11.6. The second kappa shape index (κ2) is 7.40. The summed E-state index contributed by atoms with van der Waals surface area (Å²) in [6.07, 6.45) is 0.724. The van der Waals surface area contributed by atoms with Gasteiger partial charge in [-0.05, 0) is 31.0 Å². The van der Waals surface area contributed by atoms with Gasteiger partial charge in [0.15, 0.2) is 0 Å². The lowest BCUT2D eigenvalue weighted by Crippen LogP contribution is -2.44. The Kier molecular flexibility index (Phi) is 5.55. The number of carbonyl (C=O) groups is 1. The highest BCUT2D eigenvalue weighted by Crippen LogP contribution is 2.19. The van der Waals surface area contributed by atoms with Crippen molar-refractivity contribution in [1.29, 1.82) is 0 Å². The van der Waals surface area contributed by atoms with E-state index >= 15 is 0 Å². The number of hydrogen-bond acceptors (Lipinski definition) is 5. The minimum atomic E-state index is -0.368. The molecule has 0 spiro atoms. The van der Waals surface area contributed by atoms with E-state index in [1.807, 2.05) is 6.07 Å². The molecular formula is C15H23N3O3. The third kappa shape index (κ3) is 4.17. The Balaban J connectivity index is 1.85. The zero-order valence-electron chi connectivity index (χ0n) is 12.3. The number of β-amino-alcohol motifs (C(OH)–C–C–N with tert-alkyl or cyclic N) is 1. The molecule has 1 heterocycles. The predicted octanol–water partition coefficient (Wildman–Crippen LogP) is 0.372. The summed E-state index contributed by atoms with van der Waals surface area (Å²) in [5.74, 6) is 5.67. The number of hydrogen-bond donors (Lipinski definition) is 3. The van der Waals surface area contributed by atoms with Gasteiger partial charge in [0.1, 0.15) is 12.4 Å². The number of benzene rings is 1. The summed E-state index contributed by atoms with van der Waals surface area (Å²) in [6.45, 7) is 4.90. The topological polar surface area (TPSA) is 87.8 Å². The summed E-state index contributed by atoms with van der Waals surface area (Å²) in [5.41, 5.74) is 2.53. The second-order valence-electron chi connectivity index (χ2n) is 5.45. The number of ether oxygens (including phenoxy) is 1. The fraction of sp³-hybridized carbons (Fsp3) is 0.533. The van der Waals surface area contributed by atoms with E-state index in [1.165, 1.54) is 0 Å². The lowest BCUT2D eigenvalue weighted by molar-refractivity contribution is 0.0244. The predicted molar refractivity (Wildman–Crippen MR) is 79.8 cm³/mol. The summed E-state index contributed by atoms with van der Waals surface area (Å²) in [5, 5.41) is 9.86. The number of para-hydroxylation sites is 1. The third-order valence-electron chi connectivity index (χ3n) is 3.93. The Morgan fingerprint density at radius 1 is 1.52 bits per heavy atom. The molecule has 1 aliphatic heterocycles. The minimum Gasteiger partial charge on any atom is -0.491 e. The third-order valence-corrected chi connectivity index (χ3v) is 3.93. The van der Waals surface area contributed by atoms with Crippen LogP contribution in [0.3, 0.4) is 0 Å². The number of carbonyl (C=O) groups excluding carboxylic acids is 1. The van der Waals surface area contributed by atoms with Gasteiger partial charge >= 0.3 is 0 Å². The first-order chi connectivity index (χ1) is 10.1. The van der Waals surface area contributed by atoms with Crippen molar-refractivity contribution in [3.05, 3.63) is 29.8 Å². The van der Waals surface area contributed by atoms with Crippen molar-refractivity contribution in [2.75, 3.05) is 26.2 Å². The van der Waals surface area contributed by atoms with Crippen LogP contribution in [-0.2, 0) is 0 Å². The highest BCUT2D eigenvalue weighted by atomic mass is 16.5.